The van der Waals surface area contributed by atoms with Crippen molar-refractivity contribution in [2.45, 2.75) is 24.8 Å². The molecule has 2 unspecified atom stereocenters. The van der Waals surface area contributed by atoms with Gasteiger partial charge in [0, 0.05) is 12.3 Å². The predicted molar refractivity (Wildman–Crippen MR) is 62.3 cm³/mol. The Morgan fingerprint density at radius 1 is 1.53 bits per heavy atom. The number of oxime groups is 1. The summed E-state index contributed by atoms with van der Waals surface area (Å²) in [5.41, 5.74) is 8.20. The molecule has 0 saturated heterocycles. The molecule has 1 aliphatic rings. The maximum Gasteiger partial charge on any atom is 0.320 e. The number of carboxylic acid groups (broad SMARTS) is 1. The Morgan fingerprint density at radius 2 is 2.24 bits per heavy atom. The highest BCUT2D eigenvalue weighted by molar-refractivity contribution is 5.97. The zero-order valence-corrected chi connectivity index (χ0v) is 9.21. The van der Waals surface area contributed by atoms with Crippen molar-refractivity contribution in [3.8, 4) is 0 Å². The number of nitrogens with two attached hydrogens (primary N) is 1. The van der Waals surface area contributed by atoms with Crippen LogP contribution < -0.4 is 5.73 Å². The number of rotatable bonds is 3. The third-order valence-electron chi connectivity index (χ3n) is 3.14. The first-order valence-electron chi connectivity index (χ1n) is 5.40. The molecule has 2 rings (SSSR count). The van der Waals surface area contributed by atoms with Gasteiger partial charge >= 0.3 is 5.97 Å². The maximum absolute atomic E-state index is 10.8. The number of hydrogen-bond donors (Lipinski definition) is 3. The minimum atomic E-state index is -1.04. The summed E-state index contributed by atoms with van der Waals surface area (Å²) in [6, 6.07) is 6.73. The average Bonchev–Trinajstić information content (AvgIpc) is 2.67. The Morgan fingerprint density at radius 3 is 2.88 bits per heavy atom. The molecule has 2 atom stereocenters. The van der Waals surface area contributed by atoms with Crippen LogP contribution in [0.4, 0.5) is 0 Å². The second-order valence-electron chi connectivity index (χ2n) is 4.20. The molecule has 0 saturated carbocycles. The van der Waals surface area contributed by atoms with Gasteiger partial charge in [-0.05, 0) is 17.5 Å². The number of benzene rings is 1. The smallest absolute Gasteiger partial charge is 0.320 e. The summed E-state index contributed by atoms with van der Waals surface area (Å²) in [4.78, 5) is 10.8. The number of nitrogens with zero attached hydrogens (tertiary/aromatic N) is 1. The molecular weight excluding hydrogens is 220 g/mol. The van der Waals surface area contributed by atoms with Crippen LogP contribution in [0.1, 0.15) is 23.5 Å². The van der Waals surface area contributed by atoms with Crippen molar-refractivity contribution >= 4 is 11.7 Å². The van der Waals surface area contributed by atoms with Crippen molar-refractivity contribution in [2.75, 3.05) is 0 Å². The van der Waals surface area contributed by atoms with Crippen LogP contribution in [-0.4, -0.2) is 28.0 Å². The Kier molecular flexibility index (Phi) is 3.10. The second-order valence-corrected chi connectivity index (χ2v) is 4.20. The summed E-state index contributed by atoms with van der Waals surface area (Å²) >= 11 is 0. The number of fused-ring (bicyclic) bond motifs is 1. The quantitative estimate of drug-likeness (QED) is 0.536. The molecule has 0 bridgehead atoms. The van der Waals surface area contributed by atoms with E-state index in [0.29, 0.717) is 12.1 Å². The van der Waals surface area contributed by atoms with E-state index in [1.807, 2.05) is 24.3 Å². The van der Waals surface area contributed by atoms with E-state index >= 15 is 0 Å². The minimum absolute atomic E-state index is 0.192. The lowest BCUT2D eigenvalue weighted by Crippen LogP contribution is -2.32. The lowest BCUT2D eigenvalue weighted by atomic mass is 9.93. The summed E-state index contributed by atoms with van der Waals surface area (Å²) in [5, 5.41) is 21.0. The topological polar surface area (TPSA) is 95.9 Å². The Hall–Kier alpha value is -1.88. The molecule has 0 heterocycles. The fourth-order valence-corrected chi connectivity index (χ4v) is 2.26. The summed E-state index contributed by atoms with van der Waals surface area (Å²) < 4.78 is 0. The highest BCUT2D eigenvalue weighted by atomic mass is 16.4. The van der Waals surface area contributed by atoms with Crippen LogP contribution in [-0.2, 0) is 11.2 Å². The van der Waals surface area contributed by atoms with Crippen molar-refractivity contribution in [1.29, 1.82) is 0 Å². The molecule has 0 radical (unpaired) electrons. The molecule has 0 amide bonds. The molecule has 5 heteroatoms. The van der Waals surface area contributed by atoms with Gasteiger partial charge in [0.25, 0.3) is 0 Å². The van der Waals surface area contributed by atoms with Crippen molar-refractivity contribution < 1.29 is 15.1 Å². The first-order chi connectivity index (χ1) is 8.13. The van der Waals surface area contributed by atoms with Crippen LogP contribution in [0.5, 0.6) is 0 Å². The first-order valence-corrected chi connectivity index (χ1v) is 5.40. The van der Waals surface area contributed by atoms with E-state index in [2.05, 4.69) is 5.16 Å². The number of hydrogen-bond acceptors (Lipinski definition) is 4. The molecule has 90 valence electrons. The number of carbonyl (C=O) groups is 1. The van der Waals surface area contributed by atoms with E-state index in [-0.39, 0.29) is 12.3 Å². The zero-order chi connectivity index (χ0) is 12.4. The van der Waals surface area contributed by atoms with Crippen LogP contribution in [0.15, 0.2) is 29.4 Å². The lowest BCUT2D eigenvalue weighted by Gasteiger charge is -2.14. The van der Waals surface area contributed by atoms with Crippen molar-refractivity contribution in [2.24, 2.45) is 10.9 Å². The van der Waals surface area contributed by atoms with E-state index in [4.69, 9.17) is 16.0 Å². The van der Waals surface area contributed by atoms with E-state index in [1.54, 1.807) is 0 Å². The highest BCUT2D eigenvalue weighted by Gasteiger charge is 2.31. The van der Waals surface area contributed by atoms with Gasteiger partial charge in [-0.1, -0.05) is 29.4 Å². The van der Waals surface area contributed by atoms with Gasteiger partial charge < -0.3 is 16.0 Å². The molecule has 1 aliphatic carbocycles. The number of carboxylic acids is 1. The van der Waals surface area contributed by atoms with Gasteiger partial charge in [-0.15, -0.1) is 0 Å². The molecule has 1 aromatic carbocycles. The Bertz CT molecular complexity index is 471. The molecule has 1 aromatic rings. The second kappa shape index (κ2) is 4.55. The molecule has 0 fully saturated rings. The van der Waals surface area contributed by atoms with Crippen LogP contribution in [0.25, 0.3) is 0 Å². The normalized spacial score (nSPS) is 22.4. The fourth-order valence-electron chi connectivity index (χ4n) is 2.26. The molecule has 0 aliphatic heterocycles. The zero-order valence-electron chi connectivity index (χ0n) is 9.21. The van der Waals surface area contributed by atoms with Crippen LogP contribution in [0.3, 0.4) is 0 Å². The van der Waals surface area contributed by atoms with E-state index in [9.17, 15) is 4.79 Å². The molecule has 5 nitrogen and oxygen atoms in total. The van der Waals surface area contributed by atoms with Gasteiger partial charge in [-0.2, -0.15) is 0 Å². The highest BCUT2D eigenvalue weighted by Crippen LogP contribution is 2.34. The molecule has 4 N–H and O–H groups in total. The summed E-state index contributed by atoms with van der Waals surface area (Å²) in [6.45, 7) is 0. The SMILES string of the molecule is NC(CC1/C(=N/O)Cc2ccccc21)C(=O)O. The van der Waals surface area contributed by atoms with Gasteiger partial charge in [0.15, 0.2) is 0 Å². The van der Waals surface area contributed by atoms with E-state index < -0.39 is 12.0 Å². The van der Waals surface area contributed by atoms with Gasteiger partial charge in [-0.3, -0.25) is 4.79 Å². The van der Waals surface area contributed by atoms with Crippen LogP contribution in [0.2, 0.25) is 0 Å². The average molecular weight is 234 g/mol. The number of aliphatic carboxylic acids is 1. The van der Waals surface area contributed by atoms with Crippen LogP contribution >= 0.6 is 0 Å². The van der Waals surface area contributed by atoms with Crippen molar-refractivity contribution in [1.82, 2.24) is 0 Å². The standard InChI is InChI=1S/C12H14N2O3/c13-10(12(15)16)6-9-8-4-2-1-3-7(8)5-11(9)14-17/h1-4,9-10,17H,5-6,13H2,(H,15,16)/b14-11+. The predicted octanol–water partition coefficient (Wildman–Crippen LogP) is 0.958. The first kappa shape index (κ1) is 11.6. The van der Waals surface area contributed by atoms with Gasteiger partial charge in [0.1, 0.15) is 6.04 Å². The third kappa shape index (κ3) is 2.14. The summed E-state index contributed by atoms with van der Waals surface area (Å²) in [6.07, 6.45) is 0.815. The van der Waals surface area contributed by atoms with Gasteiger partial charge in [0.2, 0.25) is 0 Å². The van der Waals surface area contributed by atoms with Crippen LogP contribution in [0, 0.1) is 0 Å². The van der Waals surface area contributed by atoms with E-state index in [1.165, 1.54) is 0 Å². The molecule has 0 aromatic heterocycles. The van der Waals surface area contributed by atoms with E-state index in [0.717, 1.165) is 11.1 Å². The molecular formula is C12H14N2O3. The van der Waals surface area contributed by atoms with Crippen molar-refractivity contribution in [3.63, 3.8) is 0 Å². The Balaban J connectivity index is 2.28. The maximum atomic E-state index is 10.8. The molecule has 0 spiro atoms. The fraction of sp³-hybridized carbons (Fsp3) is 0.333. The minimum Gasteiger partial charge on any atom is -0.480 e. The van der Waals surface area contributed by atoms with Gasteiger partial charge in [-0.25, -0.2) is 0 Å². The lowest BCUT2D eigenvalue weighted by molar-refractivity contribution is -0.138. The Labute approximate surface area is 98.6 Å². The monoisotopic (exact) mass is 234 g/mol. The van der Waals surface area contributed by atoms with Crippen molar-refractivity contribution in [3.05, 3.63) is 35.4 Å². The molecule has 17 heavy (non-hydrogen) atoms. The summed E-state index contributed by atoms with van der Waals surface area (Å²) in [5.74, 6) is -1.23. The largest absolute Gasteiger partial charge is 0.480 e. The van der Waals surface area contributed by atoms with Gasteiger partial charge in [0.05, 0.1) is 5.71 Å². The summed E-state index contributed by atoms with van der Waals surface area (Å²) in [7, 11) is 0. The third-order valence-corrected chi connectivity index (χ3v) is 3.14.